The Labute approximate surface area is 83.6 Å². The number of carbonyl (C=O) groups is 2. The molecule has 3 amide bonds. The second-order valence-corrected chi connectivity index (χ2v) is 2.81. The molecule has 0 aromatic heterocycles. The van der Waals surface area contributed by atoms with E-state index in [9.17, 15) is 9.59 Å². The number of nitrogens with one attached hydrogen (secondary N) is 3. The summed E-state index contributed by atoms with van der Waals surface area (Å²) >= 11 is 0. The molecule has 0 bridgehead atoms. The van der Waals surface area contributed by atoms with Gasteiger partial charge in [-0.05, 0) is 13.8 Å². The molecule has 0 aromatic rings. The summed E-state index contributed by atoms with van der Waals surface area (Å²) in [6, 6.07) is -0.889. The Morgan fingerprint density at radius 3 is 2.57 bits per heavy atom. The number of imide groups is 1. The number of urea groups is 1. The number of nitrogens with two attached hydrogens (primary N) is 1. The van der Waals surface area contributed by atoms with E-state index in [4.69, 9.17) is 5.73 Å². The summed E-state index contributed by atoms with van der Waals surface area (Å²) in [6.45, 7) is 4.94. The van der Waals surface area contributed by atoms with Crippen LogP contribution in [0.5, 0.6) is 0 Å². The first-order valence-electron chi connectivity index (χ1n) is 4.64. The zero-order chi connectivity index (χ0) is 11.0. The van der Waals surface area contributed by atoms with E-state index in [2.05, 4.69) is 16.0 Å². The Morgan fingerprint density at radius 2 is 2.07 bits per heavy atom. The van der Waals surface area contributed by atoms with Crippen LogP contribution in [0.3, 0.4) is 0 Å². The lowest BCUT2D eigenvalue weighted by molar-refractivity contribution is -0.121. The van der Waals surface area contributed by atoms with Crippen molar-refractivity contribution >= 4 is 11.9 Å². The average molecular weight is 202 g/mol. The lowest BCUT2D eigenvalue weighted by atomic mass is 10.3. The van der Waals surface area contributed by atoms with Gasteiger partial charge in [0.1, 0.15) is 0 Å². The molecule has 82 valence electrons. The topological polar surface area (TPSA) is 96.2 Å². The highest BCUT2D eigenvalue weighted by Crippen LogP contribution is 1.80. The standard InChI is InChI=1S/C8H18N4O2/c1-3-10-8(14)12-7(13)6(2)11-5-4-9/h6,11H,3-5,9H2,1-2H3,(H2,10,12,13,14). The zero-order valence-corrected chi connectivity index (χ0v) is 8.59. The number of hydrogen-bond donors (Lipinski definition) is 4. The van der Waals surface area contributed by atoms with Crippen molar-refractivity contribution in [2.45, 2.75) is 19.9 Å². The predicted molar refractivity (Wildman–Crippen MR) is 53.7 cm³/mol. The first-order chi connectivity index (χ1) is 6.61. The number of amides is 3. The maximum absolute atomic E-state index is 11.3. The van der Waals surface area contributed by atoms with Crippen molar-refractivity contribution in [1.29, 1.82) is 0 Å². The van der Waals surface area contributed by atoms with E-state index in [1.807, 2.05) is 0 Å². The van der Waals surface area contributed by atoms with Gasteiger partial charge in [0.05, 0.1) is 6.04 Å². The highest BCUT2D eigenvalue weighted by molar-refractivity contribution is 5.96. The van der Waals surface area contributed by atoms with Gasteiger partial charge < -0.3 is 16.4 Å². The molecule has 0 saturated heterocycles. The summed E-state index contributed by atoms with van der Waals surface area (Å²) in [5, 5.41) is 7.52. The molecule has 14 heavy (non-hydrogen) atoms. The molecule has 1 atom stereocenters. The highest BCUT2D eigenvalue weighted by atomic mass is 16.2. The van der Waals surface area contributed by atoms with Gasteiger partial charge in [0.15, 0.2) is 0 Å². The molecule has 0 radical (unpaired) electrons. The minimum atomic E-state index is -0.473. The average Bonchev–Trinajstić information content (AvgIpc) is 2.14. The highest BCUT2D eigenvalue weighted by Gasteiger charge is 2.13. The molecule has 0 fully saturated rings. The van der Waals surface area contributed by atoms with Gasteiger partial charge in [-0.1, -0.05) is 0 Å². The molecule has 5 N–H and O–H groups in total. The van der Waals surface area contributed by atoms with E-state index < -0.39 is 12.1 Å². The Balaban J connectivity index is 3.76. The van der Waals surface area contributed by atoms with Crippen molar-refractivity contribution in [1.82, 2.24) is 16.0 Å². The van der Waals surface area contributed by atoms with Crippen molar-refractivity contribution in [3.63, 3.8) is 0 Å². The molecule has 0 spiro atoms. The second-order valence-electron chi connectivity index (χ2n) is 2.81. The van der Waals surface area contributed by atoms with E-state index >= 15 is 0 Å². The first kappa shape index (κ1) is 12.9. The van der Waals surface area contributed by atoms with Gasteiger partial charge in [0.2, 0.25) is 5.91 Å². The van der Waals surface area contributed by atoms with Crippen molar-refractivity contribution in [2.24, 2.45) is 5.73 Å². The van der Waals surface area contributed by atoms with Gasteiger partial charge >= 0.3 is 6.03 Å². The molecule has 6 heteroatoms. The maximum atomic E-state index is 11.3. The van der Waals surface area contributed by atoms with Gasteiger partial charge in [-0.3, -0.25) is 10.1 Å². The van der Waals surface area contributed by atoms with Crippen LogP contribution in [-0.2, 0) is 4.79 Å². The molecule has 0 aliphatic rings. The second kappa shape index (κ2) is 7.28. The van der Waals surface area contributed by atoms with Crippen LogP contribution in [0, 0.1) is 0 Å². The van der Waals surface area contributed by atoms with Crippen LogP contribution in [0.15, 0.2) is 0 Å². The SMILES string of the molecule is CCNC(=O)NC(=O)C(C)NCCN. The van der Waals surface area contributed by atoms with E-state index in [0.717, 1.165) is 0 Å². The first-order valence-corrected chi connectivity index (χ1v) is 4.64. The molecule has 0 aromatic carbocycles. The van der Waals surface area contributed by atoms with Crippen molar-refractivity contribution < 1.29 is 9.59 Å². The van der Waals surface area contributed by atoms with Crippen LogP contribution in [-0.4, -0.2) is 37.6 Å². The van der Waals surface area contributed by atoms with Crippen LogP contribution in [0.2, 0.25) is 0 Å². The fourth-order valence-electron chi connectivity index (χ4n) is 0.817. The van der Waals surface area contributed by atoms with Crippen molar-refractivity contribution in [2.75, 3.05) is 19.6 Å². The van der Waals surface area contributed by atoms with Gasteiger partial charge in [-0.15, -0.1) is 0 Å². The van der Waals surface area contributed by atoms with Crippen LogP contribution in [0.1, 0.15) is 13.8 Å². The Hall–Kier alpha value is -1.14. The predicted octanol–water partition coefficient (Wildman–Crippen LogP) is -1.23. The number of hydrogen-bond acceptors (Lipinski definition) is 4. The fourth-order valence-corrected chi connectivity index (χ4v) is 0.817. The van der Waals surface area contributed by atoms with Crippen LogP contribution < -0.4 is 21.7 Å². The van der Waals surface area contributed by atoms with Gasteiger partial charge in [-0.25, -0.2) is 4.79 Å². The number of carbonyl (C=O) groups excluding carboxylic acids is 2. The van der Waals surface area contributed by atoms with Crippen molar-refractivity contribution in [3.05, 3.63) is 0 Å². The molecular formula is C8H18N4O2. The Morgan fingerprint density at radius 1 is 1.43 bits per heavy atom. The third-order valence-corrected chi connectivity index (χ3v) is 1.56. The van der Waals surface area contributed by atoms with E-state index in [-0.39, 0.29) is 5.91 Å². The normalized spacial score (nSPS) is 11.9. The molecule has 0 rings (SSSR count). The number of rotatable bonds is 5. The minimum Gasteiger partial charge on any atom is -0.338 e. The van der Waals surface area contributed by atoms with Gasteiger partial charge in [0.25, 0.3) is 0 Å². The van der Waals surface area contributed by atoms with Crippen LogP contribution in [0.4, 0.5) is 4.79 Å². The monoisotopic (exact) mass is 202 g/mol. The van der Waals surface area contributed by atoms with Gasteiger partial charge in [0, 0.05) is 19.6 Å². The smallest absolute Gasteiger partial charge is 0.321 e. The molecular weight excluding hydrogens is 184 g/mol. The molecule has 0 saturated carbocycles. The summed E-state index contributed by atoms with van der Waals surface area (Å²) in [5.74, 6) is -0.357. The quantitative estimate of drug-likeness (QED) is 0.449. The zero-order valence-electron chi connectivity index (χ0n) is 8.59. The summed E-state index contributed by atoms with van der Waals surface area (Å²) in [7, 11) is 0. The molecule has 0 heterocycles. The van der Waals surface area contributed by atoms with Crippen LogP contribution >= 0.6 is 0 Å². The summed E-state index contributed by atoms with van der Waals surface area (Å²) < 4.78 is 0. The van der Waals surface area contributed by atoms with Gasteiger partial charge in [-0.2, -0.15) is 0 Å². The van der Waals surface area contributed by atoms with E-state index in [1.165, 1.54) is 0 Å². The largest absolute Gasteiger partial charge is 0.338 e. The fraction of sp³-hybridized carbons (Fsp3) is 0.750. The van der Waals surface area contributed by atoms with Crippen LogP contribution in [0.25, 0.3) is 0 Å². The summed E-state index contributed by atoms with van der Waals surface area (Å²) in [4.78, 5) is 22.2. The lowest BCUT2D eigenvalue weighted by Crippen LogP contribution is -2.48. The van der Waals surface area contributed by atoms with E-state index in [1.54, 1.807) is 13.8 Å². The summed E-state index contributed by atoms with van der Waals surface area (Å²) in [5.41, 5.74) is 5.25. The Bertz CT molecular complexity index is 196. The third kappa shape index (κ3) is 5.50. The minimum absolute atomic E-state index is 0.357. The molecule has 1 unspecified atom stereocenters. The lowest BCUT2D eigenvalue weighted by Gasteiger charge is -2.12. The third-order valence-electron chi connectivity index (χ3n) is 1.56. The van der Waals surface area contributed by atoms with Crippen molar-refractivity contribution in [3.8, 4) is 0 Å². The Kier molecular flexibility index (Phi) is 6.69. The molecule has 6 nitrogen and oxygen atoms in total. The summed E-state index contributed by atoms with van der Waals surface area (Å²) in [6.07, 6.45) is 0. The molecule has 0 aliphatic heterocycles. The molecule has 0 aliphatic carbocycles. The van der Waals surface area contributed by atoms with E-state index in [0.29, 0.717) is 19.6 Å². The maximum Gasteiger partial charge on any atom is 0.321 e.